The lowest BCUT2D eigenvalue weighted by Gasteiger charge is -2.19. The summed E-state index contributed by atoms with van der Waals surface area (Å²) in [6, 6.07) is 16.6. The number of pyridine rings is 1. The molecule has 3 aromatic rings. The van der Waals surface area contributed by atoms with Crippen molar-refractivity contribution in [3.8, 4) is 0 Å². The molecule has 4 heteroatoms. The molecule has 0 bridgehead atoms. The van der Waals surface area contributed by atoms with Crippen molar-refractivity contribution in [2.45, 2.75) is 6.04 Å². The van der Waals surface area contributed by atoms with Gasteiger partial charge in [-0.15, -0.1) is 0 Å². The Bertz CT molecular complexity index is 737. The van der Waals surface area contributed by atoms with Crippen molar-refractivity contribution in [3.05, 3.63) is 75.6 Å². The van der Waals surface area contributed by atoms with Crippen LogP contribution in [0.4, 0.5) is 0 Å². The number of hydrogen-bond acceptors (Lipinski definition) is 3. The first-order chi connectivity index (χ1) is 9.79. The number of nitrogens with one attached hydrogen (secondary N) is 1. The molecular formula is C16H14IN3. The maximum atomic E-state index is 5.81. The average molecular weight is 375 g/mol. The molecule has 1 heterocycles. The minimum atomic E-state index is -0.0317. The van der Waals surface area contributed by atoms with Gasteiger partial charge in [0.1, 0.15) is 0 Å². The van der Waals surface area contributed by atoms with Crippen LogP contribution in [0.2, 0.25) is 0 Å². The number of rotatable bonds is 3. The minimum absolute atomic E-state index is 0.0317. The van der Waals surface area contributed by atoms with Gasteiger partial charge in [-0.1, -0.05) is 30.3 Å². The van der Waals surface area contributed by atoms with E-state index in [-0.39, 0.29) is 6.04 Å². The first kappa shape index (κ1) is 13.5. The van der Waals surface area contributed by atoms with Gasteiger partial charge in [0.05, 0.1) is 6.04 Å². The lowest BCUT2D eigenvalue weighted by atomic mass is 9.95. The summed E-state index contributed by atoms with van der Waals surface area (Å²) in [6.07, 6.45) is 3.69. The molecule has 0 amide bonds. The maximum Gasteiger partial charge on any atom is 0.0716 e. The molecule has 3 nitrogen and oxygen atoms in total. The van der Waals surface area contributed by atoms with Crippen molar-refractivity contribution in [1.29, 1.82) is 0 Å². The molecule has 0 radical (unpaired) electrons. The van der Waals surface area contributed by atoms with Crippen LogP contribution in [0.15, 0.2) is 60.9 Å². The molecule has 3 N–H and O–H groups in total. The van der Waals surface area contributed by atoms with Gasteiger partial charge in [0.25, 0.3) is 0 Å². The van der Waals surface area contributed by atoms with Gasteiger partial charge in [-0.3, -0.25) is 10.8 Å². The number of halogens is 1. The van der Waals surface area contributed by atoms with Crippen molar-refractivity contribution in [3.63, 3.8) is 0 Å². The zero-order valence-electron chi connectivity index (χ0n) is 10.8. The van der Waals surface area contributed by atoms with E-state index in [4.69, 9.17) is 5.84 Å². The molecule has 1 unspecified atom stereocenters. The van der Waals surface area contributed by atoms with E-state index >= 15 is 0 Å². The van der Waals surface area contributed by atoms with Gasteiger partial charge in [-0.25, -0.2) is 5.43 Å². The summed E-state index contributed by atoms with van der Waals surface area (Å²) in [5, 5.41) is 2.29. The SMILES string of the molecule is NNC(c1cccc(I)c1)c1cccc2cnccc12. The normalized spacial score (nSPS) is 12.5. The third-order valence-corrected chi connectivity index (χ3v) is 4.05. The molecule has 2 aromatic carbocycles. The molecule has 1 aromatic heterocycles. The van der Waals surface area contributed by atoms with Crippen molar-refractivity contribution in [1.82, 2.24) is 10.4 Å². The second-order valence-electron chi connectivity index (χ2n) is 4.60. The van der Waals surface area contributed by atoms with Crippen LogP contribution in [0.5, 0.6) is 0 Å². The van der Waals surface area contributed by atoms with E-state index in [1.807, 2.05) is 30.6 Å². The van der Waals surface area contributed by atoms with Gasteiger partial charge in [0, 0.05) is 21.4 Å². The Morgan fingerprint density at radius 1 is 1.10 bits per heavy atom. The summed E-state index contributed by atoms with van der Waals surface area (Å²) < 4.78 is 1.20. The van der Waals surface area contributed by atoms with E-state index in [0.717, 1.165) is 16.5 Å². The number of nitrogens with zero attached hydrogens (tertiary/aromatic N) is 1. The van der Waals surface area contributed by atoms with Crippen LogP contribution in [0.25, 0.3) is 10.8 Å². The van der Waals surface area contributed by atoms with E-state index in [2.05, 4.69) is 63.3 Å². The Morgan fingerprint density at radius 3 is 2.75 bits per heavy atom. The largest absolute Gasteiger partial charge is 0.271 e. The number of benzene rings is 2. The Hall–Kier alpha value is -1.50. The molecule has 0 aliphatic heterocycles. The van der Waals surface area contributed by atoms with E-state index in [9.17, 15) is 0 Å². The molecule has 100 valence electrons. The molecule has 3 rings (SSSR count). The van der Waals surface area contributed by atoms with Gasteiger partial charge in [0.15, 0.2) is 0 Å². The Balaban J connectivity index is 2.17. The molecule has 1 atom stereocenters. The fraction of sp³-hybridized carbons (Fsp3) is 0.0625. The van der Waals surface area contributed by atoms with Crippen LogP contribution in [0.3, 0.4) is 0 Å². The molecular weight excluding hydrogens is 361 g/mol. The average Bonchev–Trinajstić information content (AvgIpc) is 2.48. The molecule has 0 aliphatic rings. The zero-order chi connectivity index (χ0) is 13.9. The monoisotopic (exact) mass is 375 g/mol. The summed E-state index contributed by atoms with van der Waals surface area (Å²) in [5.41, 5.74) is 5.25. The predicted octanol–water partition coefficient (Wildman–Crippen LogP) is 3.39. The maximum absolute atomic E-state index is 5.81. The third kappa shape index (κ3) is 2.54. The summed E-state index contributed by atoms with van der Waals surface area (Å²) >= 11 is 2.31. The highest BCUT2D eigenvalue weighted by atomic mass is 127. The zero-order valence-corrected chi connectivity index (χ0v) is 12.9. The highest BCUT2D eigenvalue weighted by molar-refractivity contribution is 14.1. The smallest absolute Gasteiger partial charge is 0.0716 e. The molecule has 0 aliphatic carbocycles. The van der Waals surface area contributed by atoms with Gasteiger partial charge >= 0.3 is 0 Å². The summed E-state index contributed by atoms with van der Waals surface area (Å²) in [6.45, 7) is 0. The van der Waals surface area contributed by atoms with E-state index < -0.39 is 0 Å². The van der Waals surface area contributed by atoms with Crippen molar-refractivity contribution in [2.24, 2.45) is 5.84 Å². The van der Waals surface area contributed by atoms with Gasteiger partial charge < -0.3 is 0 Å². The number of hydrazine groups is 1. The molecule has 20 heavy (non-hydrogen) atoms. The summed E-state index contributed by atoms with van der Waals surface area (Å²) in [7, 11) is 0. The minimum Gasteiger partial charge on any atom is -0.271 e. The van der Waals surface area contributed by atoms with Crippen molar-refractivity contribution in [2.75, 3.05) is 0 Å². The highest BCUT2D eigenvalue weighted by Crippen LogP contribution is 2.28. The second kappa shape index (κ2) is 5.87. The second-order valence-corrected chi connectivity index (χ2v) is 5.84. The van der Waals surface area contributed by atoms with Gasteiger partial charge in [0.2, 0.25) is 0 Å². The fourth-order valence-electron chi connectivity index (χ4n) is 2.45. The fourth-order valence-corrected chi connectivity index (χ4v) is 3.02. The van der Waals surface area contributed by atoms with Crippen LogP contribution in [-0.2, 0) is 0 Å². The topological polar surface area (TPSA) is 50.9 Å². The Labute approximate surface area is 131 Å². The summed E-state index contributed by atoms with van der Waals surface area (Å²) in [4.78, 5) is 4.17. The first-order valence-electron chi connectivity index (χ1n) is 6.34. The van der Waals surface area contributed by atoms with Crippen LogP contribution < -0.4 is 11.3 Å². The van der Waals surface area contributed by atoms with Crippen LogP contribution in [0.1, 0.15) is 17.2 Å². The number of nitrogens with two attached hydrogens (primary N) is 1. The molecule has 0 spiro atoms. The number of hydrogen-bond donors (Lipinski definition) is 2. The third-order valence-electron chi connectivity index (χ3n) is 3.37. The van der Waals surface area contributed by atoms with Crippen LogP contribution >= 0.6 is 22.6 Å². The van der Waals surface area contributed by atoms with Gasteiger partial charge in [-0.05, 0) is 57.3 Å². The Morgan fingerprint density at radius 2 is 1.95 bits per heavy atom. The molecule has 0 saturated heterocycles. The standard InChI is InChI=1S/C16H14IN3/c17-13-5-1-3-11(9-13)16(20-18)15-6-2-4-12-10-19-8-7-14(12)15/h1-10,16,20H,18H2. The van der Waals surface area contributed by atoms with Crippen molar-refractivity contribution >= 4 is 33.4 Å². The molecule has 0 saturated carbocycles. The van der Waals surface area contributed by atoms with Crippen LogP contribution in [0, 0.1) is 3.57 Å². The van der Waals surface area contributed by atoms with Gasteiger partial charge in [-0.2, -0.15) is 0 Å². The quantitative estimate of drug-likeness (QED) is 0.419. The Kier molecular flexibility index (Phi) is 3.95. The van der Waals surface area contributed by atoms with E-state index in [1.165, 1.54) is 8.96 Å². The predicted molar refractivity (Wildman–Crippen MR) is 90.1 cm³/mol. The van der Waals surface area contributed by atoms with Crippen molar-refractivity contribution < 1.29 is 0 Å². The van der Waals surface area contributed by atoms with E-state index in [1.54, 1.807) is 0 Å². The number of aromatic nitrogens is 1. The highest BCUT2D eigenvalue weighted by Gasteiger charge is 2.15. The van der Waals surface area contributed by atoms with Crippen LogP contribution in [-0.4, -0.2) is 4.98 Å². The molecule has 0 fully saturated rings. The lowest BCUT2D eigenvalue weighted by molar-refractivity contribution is 0.640. The lowest BCUT2D eigenvalue weighted by Crippen LogP contribution is -2.29. The van der Waals surface area contributed by atoms with E-state index in [0.29, 0.717) is 0 Å². The summed E-state index contributed by atoms with van der Waals surface area (Å²) in [5.74, 6) is 5.81. The number of fused-ring (bicyclic) bond motifs is 1. The first-order valence-corrected chi connectivity index (χ1v) is 7.41.